The van der Waals surface area contributed by atoms with Crippen molar-refractivity contribution in [3.63, 3.8) is 0 Å². The maximum Gasteiger partial charge on any atom is 0.253 e. The first-order valence-corrected chi connectivity index (χ1v) is 6.78. The van der Waals surface area contributed by atoms with E-state index in [0.29, 0.717) is 31.7 Å². The number of benzene rings is 1. The zero-order valence-corrected chi connectivity index (χ0v) is 11.9. The summed E-state index contributed by atoms with van der Waals surface area (Å²) < 4.78 is 13.1. The molecule has 1 atom stereocenters. The van der Waals surface area contributed by atoms with Crippen molar-refractivity contribution in [2.45, 2.75) is 13.0 Å². The molecule has 6 heteroatoms. The molecule has 2 rings (SSSR count). The summed E-state index contributed by atoms with van der Waals surface area (Å²) >= 11 is 5.69. The first kappa shape index (κ1) is 14.8. The van der Waals surface area contributed by atoms with Crippen LogP contribution in [0.4, 0.5) is 4.39 Å². The lowest BCUT2D eigenvalue weighted by molar-refractivity contribution is 0.0615. The van der Waals surface area contributed by atoms with Crippen molar-refractivity contribution in [1.82, 2.24) is 9.80 Å². The number of rotatable bonds is 2. The number of amides is 1. The maximum absolute atomic E-state index is 13.1. The van der Waals surface area contributed by atoms with E-state index in [1.165, 1.54) is 18.2 Å². The van der Waals surface area contributed by atoms with Gasteiger partial charge in [-0.3, -0.25) is 9.69 Å². The predicted molar refractivity (Wildman–Crippen MR) is 74.0 cm³/mol. The van der Waals surface area contributed by atoms with E-state index in [2.05, 4.69) is 6.07 Å². The zero-order valence-electron chi connectivity index (χ0n) is 11.1. The Morgan fingerprint density at radius 1 is 1.40 bits per heavy atom. The van der Waals surface area contributed by atoms with E-state index < -0.39 is 5.82 Å². The molecule has 0 aliphatic carbocycles. The van der Waals surface area contributed by atoms with Crippen molar-refractivity contribution in [2.24, 2.45) is 0 Å². The summed E-state index contributed by atoms with van der Waals surface area (Å²) in [6.07, 6.45) is 0. The number of carbonyl (C=O) groups is 1. The summed E-state index contributed by atoms with van der Waals surface area (Å²) in [6, 6.07) is 6.03. The minimum Gasteiger partial charge on any atom is -0.336 e. The van der Waals surface area contributed by atoms with E-state index in [1.54, 1.807) is 4.90 Å². The molecular weight excluding hydrogens is 281 g/mol. The fourth-order valence-electron chi connectivity index (χ4n) is 2.21. The van der Waals surface area contributed by atoms with Crippen molar-refractivity contribution in [3.05, 3.63) is 34.6 Å². The minimum atomic E-state index is -0.532. The van der Waals surface area contributed by atoms with E-state index in [0.717, 1.165) is 0 Å². The molecule has 0 aromatic heterocycles. The van der Waals surface area contributed by atoms with Gasteiger partial charge < -0.3 is 4.90 Å². The van der Waals surface area contributed by atoms with Crippen LogP contribution in [0.1, 0.15) is 17.3 Å². The van der Waals surface area contributed by atoms with Crippen LogP contribution in [0.25, 0.3) is 0 Å². The molecule has 0 spiro atoms. The third-order valence-electron chi connectivity index (χ3n) is 3.50. The number of carbonyl (C=O) groups excluding carboxylic acids is 1. The van der Waals surface area contributed by atoms with Gasteiger partial charge in [0, 0.05) is 31.7 Å². The maximum atomic E-state index is 13.1. The molecule has 0 bridgehead atoms. The Morgan fingerprint density at radius 3 is 2.60 bits per heavy atom. The van der Waals surface area contributed by atoms with Crippen molar-refractivity contribution in [1.29, 1.82) is 5.26 Å². The summed E-state index contributed by atoms with van der Waals surface area (Å²) in [5.41, 5.74) is 0.387. The number of halogens is 2. The van der Waals surface area contributed by atoms with Crippen LogP contribution in [-0.2, 0) is 0 Å². The lowest BCUT2D eigenvalue weighted by Crippen LogP contribution is -2.51. The van der Waals surface area contributed by atoms with Crippen molar-refractivity contribution in [3.8, 4) is 6.07 Å². The van der Waals surface area contributed by atoms with Gasteiger partial charge in [0.25, 0.3) is 5.91 Å². The molecule has 20 heavy (non-hydrogen) atoms. The van der Waals surface area contributed by atoms with Crippen LogP contribution in [-0.4, -0.2) is 47.9 Å². The van der Waals surface area contributed by atoms with Crippen LogP contribution in [0, 0.1) is 17.1 Å². The molecule has 0 radical (unpaired) electrons. The van der Waals surface area contributed by atoms with E-state index in [9.17, 15) is 9.18 Å². The van der Waals surface area contributed by atoms with E-state index in [1.807, 2.05) is 11.8 Å². The van der Waals surface area contributed by atoms with Gasteiger partial charge in [-0.1, -0.05) is 11.6 Å². The molecular formula is C14H15ClFN3O. The first-order chi connectivity index (χ1) is 9.52. The lowest BCUT2D eigenvalue weighted by Gasteiger charge is -2.35. The average Bonchev–Trinajstić information content (AvgIpc) is 2.48. The van der Waals surface area contributed by atoms with Crippen LogP contribution in [0.2, 0.25) is 5.02 Å². The second-order valence-electron chi connectivity index (χ2n) is 4.76. The van der Waals surface area contributed by atoms with Crippen LogP contribution < -0.4 is 0 Å². The Balaban J connectivity index is 2.01. The zero-order chi connectivity index (χ0) is 14.7. The molecule has 4 nitrogen and oxygen atoms in total. The number of nitrogens with zero attached hydrogens (tertiary/aromatic N) is 3. The molecule has 1 aliphatic rings. The number of hydrogen-bond donors (Lipinski definition) is 0. The van der Waals surface area contributed by atoms with Gasteiger partial charge in [-0.15, -0.1) is 0 Å². The first-order valence-electron chi connectivity index (χ1n) is 6.41. The molecule has 0 N–H and O–H groups in total. The van der Waals surface area contributed by atoms with E-state index >= 15 is 0 Å². The normalized spacial score (nSPS) is 17.6. The fourth-order valence-corrected chi connectivity index (χ4v) is 2.39. The van der Waals surface area contributed by atoms with Gasteiger partial charge in [-0.25, -0.2) is 4.39 Å². The van der Waals surface area contributed by atoms with Crippen molar-refractivity contribution < 1.29 is 9.18 Å². The van der Waals surface area contributed by atoms with Gasteiger partial charge in [0.05, 0.1) is 17.1 Å². The molecule has 1 amide bonds. The standard InChI is InChI=1S/C14H15ClFN3O/c1-10(9-17)18-4-6-19(7-5-18)14(20)11-2-3-13(16)12(15)8-11/h2-3,8,10H,4-7H2,1H3. The second kappa shape index (κ2) is 6.21. The SMILES string of the molecule is CC(C#N)N1CCN(C(=O)c2ccc(F)c(Cl)c2)CC1. The second-order valence-corrected chi connectivity index (χ2v) is 5.17. The summed E-state index contributed by atoms with van der Waals surface area (Å²) in [5, 5.41) is 8.83. The van der Waals surface area contributed by atoms with Gasteiger partial charge in [0.1, 0.15) is 5.82 Å². The van der Waals surface area contributed by atoms with Crippen LogP contribution >= 0.6 is 11.6 Å². The van der Waals surface area contributed by atoms with Gasteiger partial charge in [-0.2, -0.15) is 5.26 Å². The van der Waals surface area contributed by atoms with E-state index in [4.69, 9.17) is 16.9 Å². The van der Waals surface area contributed by atoms with Crippen LogP contribution in [0.15, 0.2) is 18.2 Å². The molecule has 0 saturated carbocycles. The molecule has 106 valence electrons. The summed E-state index contributed by atoms with van der Waals surface area (Å²) in [6.45, 7) is 4.28. The molecule has 1 aliphatic heterocycles. The lowest BCUT2D eigenvalue weighted by atomic mass is 10.1. The highest BCUT2D eigenvalue weighted by molar-refractivity contribution is 6.31. The summed E-state index contributed by atoms with van der Waals surface area (Å²) in [4.78, 5) is 16.0. The van der Waals surface area contributed by atoms with Crippen molar-refractivity contribution in [2.75, 3.05) is 26.2 Å². The predicted octanol–water partition coefficient (Wildman–Crippen LogP) is 2.15. The quantitative estimate of drug-likeness (QED) is 0.840. The van der Waals surface area contributed by atoms with Gasteiger partial charge in [0.2, 0.25) is 0 Å². The summed E-state index contributed by atoms with van der Waals surface area (Å²) in [7, 11) is 0. The number of piperazine rings is 1. The number of hydrogen-bond acceptors (Lipinski definition) is 3. The number of nitriles is 1. The van der Waals surface area contributed by atoms with E-state index in [-0.39, 0.29) is 17.0 Å². The molecule has 1 aromatic rings. The minimum absolute atomic E-state index is 0.0485. The Kier molecular flexibility index (Phi) is 4.58. The fraction of sp³-hybridized carbons (Fsp3) is 0.429. The highest BCUT2D eigenvalue weighted by Crippen LogP contribution is 2.18. The monoisotopic (exact) mass is 295 g/mol. The largest absolute Gasteiger partial charge is 0.336 e. The molecule has 1 heterocycles. The smallest absolute Gasteiger partial charge is 0.253 e. The van der Waals surface area contributed by atoms with Crippen molar-refractivity contribution >= 4 is 17.5 Å². The van der Waals surface area contributed by atoms with Crippen LogP contribution in [0.5, 0.6) is 0 Å². The topological polar surface area (TPSA) is 47.3 Å². The Hall–Kier alpha value is -1.64. The summed E-state index contributed by atoms with van der Waals surface area (Å²) in [5.74, 6) is -0.688. The highest BCUT2D eigenvalue weighted by atomic mass is 35.5. The Morgan fingerprint density at radius 2 is 2.05 bits per heavy atom. The van der Waals surface area contributed by atoms with Gasteiger partial charge in [-0.05, 0) is 25.1 Å². The highest BCUT2D eigenvalue weighted by Gasteiger charge is 2.24. The molecule has 1 saturated heterocycles. The Bertz CT molecular complexity index is 550. The molecule has 1 fully saturated rings. The third-order valence-corrected chi connectivity index (χ3v) is 3.79. The molecule has 1 unspecified atom stereocenters. The average molecular weight is 296 g/mol. The van der Waals surface area contributed by atoms with Crippen LogP contribution in [0.3, 0.4) is 0 Å². The third kappa shape index (κ3) is 3.09. The van der Waals surface area contributed by atoms with Gasteiger partial charge in [0.15, 0.2) is 0 Å². The molecule has 1 aromatic carbocycles. The van der Waals surface area contributed by atoms with Gasteiger partial charge >= 0.3 is 0 Å². The Labute approximate surface area is 122 Å².